The van der Waals surface area contributed by atoms with Crippen LogP contribution < -0.4 is 0 Å². The predicted molar refractivity (Wildman–Crippen MR) is 144 cm³/mol. The summed E-state index contributed by atoms with van der Waals surface area (Å²) in [7, 11) is -2.02. The van der Waals surface area contributed by atoms with Gasteiger partial charge in [-0.15, -0.1) is 0 Å². The second kappa shape index (κ2) is 10.7. The highest BCUT2D eigenvalue weighted by Gasteiger charge is 2.41. The van der Waals surface area contributed by atoms with E-state index in [0.29, 0.717) is 31.7 Å². The summed E-state index contributed by atoms with van der Waals surface area (Å²) in [5, 5.41) is 9.10. The number of carbonyl (C=O) groups excluding carboxylic acids is 1. The van der Waals surface area contributed by atoms with Crippen molar-refractivity contribution in [2.75, 3.05) is 32.7 Å². The van der Waals surface area contributed by atoms with Crippen molar-refractivity contribution in [1.29, 1.82) is 5.26 Å². The van der Waals surface area contributed by atoms with Crippen LogP contribution in [0.4, 0.5) is 4.79 Å². The van der Waals surface area contributed by atoms with E-state index in [1.165, 1.54) is 11.1 Å². The van der Waals surface area contributed by atoms with Crippen molar-refractivity contribution in [3.8, 4) is 6.07 Å². The number of nitrogens with zero attached hydrogens (tertiary/aromatic N) is 5. The van der Waals surface area contributed by atoms with Crippen LogP contribution in [0.25, 0.3) is 0 Å². The van der Waals surface area contributed by atoms with Gasteiger partial charge in [-0.3, -0.25) is 9.88 Å². The summed E-state index contributed by atoms with van der Waals surface area (Å²) >= 11 is 0. The third-order valence-corrected chi connectivity index (χ3v) is 12.4. The van der Waals surface area contributed by atoms with E-state index < -0.39 is 8.32 Å². The number of pyridine rings is 1. The molecule has 1 fully saturated rings. The summed E-state index contributed by atoms with van der Waals surface area (Å²) in [6, 6.07) is 14.4. The fourth-order valence-corrected chi connectivity index (χ4v) is 6.03. The molecule has 2 aliphatic rings. The fourth-order valence-electron chi connectivity index (χ4n) is 4.70. The SMILES string of the molecule is CC(C)(C)[Si](C)(C)O[C@H](CN1CCc2ccccc2C1)CN1CCN(Cc2ccc(C#N)cn2)C1=O. The van der Waals surface area contributed by atoms with Gasteiger partial charge in [-0.1, -0.05) is 45.0 Å². The number of rotatable bonds is 8. The average molecular weight is 506 g/mol. The van der Waals surface area contributed by atoms with E-state index in [1.54, 1.807) is 12.3 Å². The standard InChI is InChI=1S/C28H39N5O2Si/c1-28(2,3)36(4,5)35-26(20-31-13-12-23-8-6-7-9-24(23)18-31)21-33-15-14-32(27(33)34)19-25-11-10-22(16-29)17-30-25/h6-11,17,26H,12-15,18-21H2,1-5H3/t26-/m1/s1. The molecule has 0 saturated carbocycles. The van der Waals surface area contributed by atoms with Gasteiger partial charge >= 0.3 is 6.03 Å². The molecule has 2 amide bonds. The molecule has 192 valence electrons. The van der Waals surface area contributed by atoms with E-state index in [2.05, 4.69) is 74.1 Å². The van der Waals surface area contributed by atoms with Gasteiger partial charge < -0.3 is 14.2 Å². The molecule has 1 aromatic heterocycles. The van der Waals surface area contributed by atoms with Gasteiger partial charge in [0.05, 0.1) is 23.9 Å². The third kappa shape index (κ3) is 6.15. The molecule has 0 bridgehead atoms. The predicted octanol–water partition coefficient (Wildman–Crippen LogP) is 4.64. The Balaban J connectivity index is 1.44. The molecular formula is C28H39N5O2Si. The van der Waals surface area contributed by atoms with Crippen LogP contribution >= 0.6 is 0 Å². The molecule has 1 aromatic carbocycles. The van der Waals surface area contributed by atoms with Gasteiger partial charge in [0.15, 0.2) is 8.32 Å². The summed E-state index contributed by atoms with van der Waals surface area (Å²) in [6.07, 6.45) is 2.58. The molecule has 3 heterocycles. The maximum Gasteiger partial charge on any atom is 0.320 e. The van der Waals surface area contributed by atoms with Crippen molar-refractivity contribution in [2.24, 2.45) is 0 Å². The van der Waals surface area contributed by atoms with Crippen molar-refractivity contribution in [1.82, 2.24) is 19.7 Å². The first-order valence-corrected chi connectivity index (χ1v) is 15.8. The summed E-state index contributed by atoms with van der Waals surface area (Å²) in [6.45, 7) is 16.6. The fraction of sp³-hybridized carbons (Fsp3) is 0.536. The molecular weight excluding hydrogens is 466 g/mol. The molecule has 0 spiro atoms. The number of fused-ring (bicyclic) bond motifs is 1. The van der Waals surface area contributed by atoms with Crippen LogP contribution in [-0.2, 0) is 23.9 Å². The lowest BCUT2D eigenvalue weighted by atomic mass is 10.00. The van der Waals surface area contributed by atoms with Gasteiger partial charge in [0.2, 0.25) is 0 Å². The van der Waals surface area contributed by atoms with Gasteiger partial charge in [0.25, 0.3) is 0 Å². The van der Waals surface area contributed by atoms with Crippen LogP contribution in [0.1, 0.15) is 43.2 Å². The molecule has 0 radical (unpaired) electrons. The number of nitriles is 1. The molecule has 2 aliphatic heterocycles. The number of aromatic nitrogens is 1. The van der Waals surface area contributed by atoms with Crippen LogP contribution in [0.5, 0.6) is 0 Å². The van der Waals surface area contributed by atoms with Crippen LogP contribution in [0, 0.1) is 11.3 Å². The van der Waals surface area contributed by atoms with Gasteiger partial charge in [-0.2, -0.15) is 5.26 Å². The Morgan fingerprint density at radius 1 is 1.06 bits per heavy atom. The summed E-state index contributed by atoms with van der Waals surface area (Å²) in [4.78, 5) is 23.9. The smallest absolute Gasteiger partial charge is 0.320 e. The topological polar surface area (TPSA) is 72.7 Å². The van der Waals surface area contributed by atoms with Gasteiger partial charge in [0, 0.05) is 45.5 Å². The van der Waals surface area contributed by atoms with Crippen molar-refractivity contribution < 1.29 is 9.22 Å². The molecule has 36 heavy (non-hydrogen) atoms. The Labute approximate surface area is 216 Å². The number of hydrogen-bond acceptors (Lipinski definition) is 5. The van der Waals surface area contributed by atoms with Crippen LogP contribution in [0.2, 0.25) is 18.1 Å². The molecule has 1 atom stereocenters. The Hall–Kier alpha value is -2.73. The highest BCUT2D eigenvalue weighted by atomic mass is 28.4. The zero-order chi connectivity index (χ0) is 25.9. The minimum atomic E-state index is -2.02. The van der Waals surface area contributed by atoms with E-state index in [-0.39, 0.29) is 17.2 Å². The van der Waals surface area contributed by atoms with E-state index in [0.717, 1.165) is 31.7 Å². The van der Waals surface area contributed by atoms with Gasteiger partial charge in [-0.05, 0) is 47.8 Å². The lowest BCUT2D eigenvalue weighted by Gasteiger charge is -2.42. The molecule has 8 heteroatoms. The molecule has 0 unspecified atom stereocenters. The number of carbonyl (C=O) groups is 1. The Morgan fingerprint density at radius 3 is 2.44 bits per heavy atom. The second-order valence-corrected chi connectivity index (χ2v) is 16.3. The van der Waals surface area contributed by atoms with Gasteiger partial charge in [-0.25, -0.2) is 4.79 Å². The van der Waals surface area contributed by atoms with Crippen LogP contribution in [-0.4, -0.2) is 72.9 Å². The van der Waals surface area contributed by atoms with E-state index in [9.17, 15) is 4.79 Å². The number of benzene rings is 1. The maximum atomic E-state index is 13.3. The Bertz CT molecular complexity index is 1110. The summed E-state index contributed by atoms with van der Waals surface area (Å²) < 4.78 is 6.92. The first-order chi connectivity index (χ1) is 17.1. The third-order valence-electron chi connectivity index (χ3n) is 7.85. The average Bonchev–Trinajstić information content (AvgIpc) is 3.17. The first-order valence-electron chi connectivity index (χ1n) is 12.9. The van der Waals surface area contributed by atoms with E-state index in [4.69, 9.17) is 9.69 Å². The molecule has 2 aromatic rings. The Kier molecular flexibility index (Phi) is 7.84. The molecule has 1 saturated heterocycles. The monoisotopic (exact) mass is 505 g/mol. The highest BCUT2D eigenvalue weighted by molar-refractivity contribution is 6.74. The number of urea groups is 1. The van der Waals surface area contributed by atoms with E-state index >= 15 is 0 Å². The molecule has 0 aliphatic carbocycles. The number of amides is 2. The summed E-state index contributed by atoms with van der Waals surface area (Å²) in [5.74, 6) is 0. The van der Waals surface area contributed by atoms with Crippen molar-refractivity contribution in [3.63, 3.8) is 0 Å². The minimum absolute atomic E-state index is 0.0342. The van der Waals surface area contributed by atoms with Crippen molar-refractivity contribution in [2.45, 2.75) is 64.5 Å². The van der Waals surface area contributed by atoms with Crippen molar-refractivity contribution >= 4 is 14.3 Å². The Morgan fingerprint density at radius 2 is 1.78 bits per heavy atom. The van der Waals surface area contributed by atoms with Crippen LogP contribution in [0.15, 0.2) is 42.6 Å². The lowest BCUT2D eigenvalue weighted by molar-refractivity contribution is 0.0878. The highest BCUT2D eigenvalue weighted by Crippen LogP contribution is 2.37. The maximum absolute atomic E-state index is 13.3. The van der Waals surface area contributed by atoms with E-state index in [1.807, 2.05) is 15.9 Å². The molecule has 4 rings (SSSR count). The second-order valence-electron chi connectivity index (χ2n) is 11.6. The zero-order valence-corrected chi connectivity index (χ0v) is 23.3. The number of hydrogen-bond donors (Lipinski definition) is 0. The largest absolute Gasteiger partial charge is 0.411 e. The lowest BCUT2D eigenvalue weighted by Crippen LogP contribution is -2.51. The first kappa shape index (κ1) is 26.3. The minimum Gasteiger partial charge on any atom is -0.411 e. The molecule has 0 N–H and O–H groups in total. The quantitative estimate of drug-likeness (QED) is 0.489. The molecule has 7 nitrogen and oxygen atoms in total. The van der Waals surface area contributed by atoms with Crippen molar-refractivity contribution in [3.05, 3.63) is 65.0 Å². The van der Waals surface area contributed by atoms with Crippen LogP contribution in [0.3, 0.4) is 0 Å². The summed E-state index contributed by atoms with van der Waals surface area (Å²) in [5.41, 5.74) is 4.16. The normalized spacial score (nSPS) is 17.7. The van der Waals surface area contributed by atoms with Gasteiger partial charge in [0.1, 0.15) is 6.07 Å². The zero-order valence-electron chi connectivity index (χ0n) is 22.3.